The average Bonchev–Trinajstić information content (AvgIpc) is 2.84. The van der Waals surface area contributed by atoms with Crippen LogP contribution < -0.4 is 11.1 Å². The summed E-state index contributed by atoms with van der Waals surface area (Å²) in [6.07, 6.45) is -5.20. The number of aliphatic hydroxyl groups is 2. The number of Topliss-reactive ketones (excluding diaryl/α,β-unsaturated/α-hetero) is 2. The molecule has 0 aliphatic heterocycles. The van der Waals surface area contributed by atoms with Crippen LogP contribution in [0.3, 0.4) is 0 Å². The summed E-state index contributed by atoms with van der Waals surface area (Å²) >= 11 is 0. The lowest BCUT2D eigenvalue weighted by Crippen LogP contribution is -2.64. The van der Waals surface area contributed by atoms with E-state index in [0.29, 0.717) is 16.5 Å². The summed E-state index contributed by atoms with van der Waals surface area (Å²) in [4.78, 5) is 60.7. The maximum Gasteiger partial charge on any atom is 0.490 e. The Morgan fingerprint density at radius 2 is 1.64 bits per heavy atom. The number of carboxylic acid groups (broad SMARTS) is 1. The number of aliphatic carboxylic acids is 1. The van der Waals surface area contributed by atoms with E-state index in [1.165, 1.54) is 32.0 Å². The first-order chi connectivity index (χ1) is 19.2. The largest absolute Gasteiger partial charge is 0.508 e. The molecule has 0 spiro atoms. The van der Waals surface area contributed by atoms with Gasteiger partial charge in [0.25, 0.3) is 5.91 Å². The summed E-state index contributed by atoms with van der Waals surface area (Å²) < 4.78 is 31.7. The van der Waals surface area contributed by atoms with Crippen molar-refractivity contribution in [3.8, 4) is 11.5 Å². The van der Waals surface area contributed by atoms with Crippen LogP contribution in [0.2, 0.25) is 0 Å². The summed E-state index contributed by atoms with van der Waals surface area (Å²) in [5.41, 5.74) is 2.11. The summed E-state index contributed by atoms with van der Waals surface area (Å²) in [7, 11) is 3.05. The molecule has 2 aliphatic carbocycles. The number of aliphatic hydroxyl groups excluding tert-OH is 1. The van der Waals surface area contributed by atoms with Crippen LogP contribution in [0, 0.1) is 12.8 Å². The zero-order valence-corrected chi connectivity index (χ0v) is 22.5. The van der Waals surface area contributed by atoms with Gasteiger partial charge in [0.15, 0.2) is 17.1 Å². The molecule has 2 amide bonds. The highest BCUT2D eigenvalue weighted by molar-refractivity contribution is 6.25. The van der Waals surface area contributed by atoms with Crippen LogP contribution in [0.4, 0.5) is 18.9 Å². The zero-order chi connectivity index (χ0) is 32.2. The minimum atomic E-state index is -5.08. The molecule has 0 unspecified atom stereocenters. The summed E-state index contributed by atoms with van der Waals surface area (Å²) in [5, 5.41) is 54.1. The van der Waals surface area contributed by atoms with Crippen molar-refractivity contribution < 1.29 is 62.7 Å². The Morgan fingerprint density at radius 1 is 1.10 bits per heavy atom. The number of ketones is 2. The number of halogens is 3. The van der Waals surface area contributed by atoms with Crippen molar-refractivity contribution in [2.75, 3.05) is 19.4 Å². The van der Waals surface area contributed by atoms with Gasteiger partial charge in [-0.25, -0.2) is 4.79 Å². The fourth-order valence-corrected chi connectivity index (χ4v) is 5.37. The fraction of sp³-hybridized carbons (Fsp3) is 0.346. The summed E-state index contributed by atoms with van der Waals surface area (Å²) in [5.74, 6) is -10.0. The molecule has 13 nitrogen and oxygen atoms in total. The third-order valence-corrected chi connectivity index (χ3v) is 7.19. The predicted octanol–water partition coefficient (Wildman–Crippen LogP) is 1.05. The van der Waals surface area contributed by atoms with Crippen LogP contribution in [0.5, 0.6) is 11.5 Å². The molecule has 8 N–H and O–H groups in total. The molecule has 2 aromatic carbocycles. The molecular weight excluding hydrogens is 571 g/mol. The van der Waals surface area contributed by atoms with E-state index in [9.17, 15) is 52.8 Å². The Bertz CT molecular complexity index is 1600. The van der Waals surface area contributed by atoms with E-state index >= 15 is 0 Å². The zero-order valence-electron chi connectivity index (χ0n) is 22.5. The van der Waals surface area contributed by atoms with Gasteiger partial charge < -0.3 is 36.6 Å². The van der Waals surface area contributed by atoms with Gasteiger partial charge in [0.2, 0.25) is 11.7 Å². The number of carbonyl (C=O) groups is 5. The highest BCUT2D eigenvalue weighted by atomic mass is 19.4. The van der Waals surface area contributed by atoms with E-state index in [1.807, 2.05) is 0 Å². The van der Waals surface area contributed by atoms with E-state index < -0.39 is 75.9 Å². The quantitative estimate of drug-likeness (QED) is 0.195. The molecule has 42 heavy (non-hydrogen) atoms. The van der Waals surface area contributed by atoms with E-state index in [-0.39, 0.29) is 23.1 Å². The molecule has 2 aromatic rings. The maximum atomic E-state index is 13.8. The second-order valence-corrected chi connectivity index (χ2v) is 9.96. The fourth-order valence-electron chi connectivity index (χ4n) is 5.37. The number of rotatable bonds is 3. The number of amides is 2. The number of phenols is 2. The van der Waals surface area contributed by atoms with Gasteiger partial charge in [-0.1, -0.05) is 6.07 Å². The number of benzene rings is 2. The lowest BCUT2D eigenvalue weighted by molar-refractivity contribution is -0.192. The van der Waals surface area contributed by atoms with Crippen LogP contribution in [0.15, 0.2) is 23.5 Å². The molecule has 0 saturated carbocycles. The van der Waals surface area contributed by atoms with Gasteiger partial charge in [0.05, 0.1) is 22.7 Å². The molecule has 0 radical (unpaired) electrons. The Balaban J connectivity index is 0.000000616. The number of alkyl halides is 3. The number of carboxylic acids is 1. The van der Waals surface area contributed by atoms with E-state index in [2.05, 4.69) is 5.32 Å². The van der Waals surface area contributed by atoms with Gasteiger partial charge in [-0.3, -0.25) is 24.1 Å². The molecule has 16 heteroatoms. The number of anilines is 1. The molecule has 0 heterocycles. The third kappa shape index (κ3) is 4.87. The smallest absolute Gasteiger partial charge is 0.490 e. The number of aryl methyl sites for hydroxylation is 1. The normalized spacial score (nSPS) is 21.8. The number of hydrogen-bond acceptors (Lipinski definition) is 10. The van der Waals surface area contributed by atoms with Gasteiger partial charge in [0.1, 0.15) is 17.1 Å². The number of aromatic hydroxyl groups is 2. The second kappa shape index (κ2) is 10.6. The van der Waals surface area contributed by atoms with Crippen LogP contribution in [-0.4, -0.2) is 91.7 Å². The Morgan fingerprint density at radius 3 is 2.10 bits per heavy atom. The SMILES string of the molecule is CC(=O)Nc1ccc2c(C)c3c(c(O)c2c1O)C(=O)[C@]1(O)C(O)=C(C(N)=O)C(=O)[C@@H](N(C)C)[C@@H]1C3.O=C(O)C(F)(F)F. The third-order valence-electron chi connectivity index (χ3n) is 7.19. The monoisotopic (exact) mass is 597 g/mol. The molecule has 0 fully saturated rings. The highest BCUT2D eigenvalue weighted by Gasteiger charge is 2.62. The first-order valence-electron chi connectivity index (χ1n) is 12.0. The number of hydrogen-bond donors (Lipinski definition) is 7. The van der Waals surface area contributed by atoms with Crippen LogP contribution in [0.1, 0.15) is 28.4 Å². The molecule has 2 aliphatic rings. The Kier molecular flexibility index (Phi) is 8.04. The van der Waals surface area contributed by atoms with Gasteiger partial charge >= 0.3 is 12.1 Å². The number of primary amides is 1. The first kappa shape index (κ1) is 31.8. The molecule has 0 aromatic heterocycles. The lowest BCUT2D eigenvalue weighted by atomic mass is 9.61. The molecule has 226 valence electrons. The number of carbonyl (C=O) groups excluding carboxylic acids is 4. The van der Waals surface area contributed by atoms with Crippen molar-refractivity contribution in [2.24, 2.45) is 11.7 Å². The maximum absolute atomic E-state index is 13.8. The summed E-state index contributed by atoms with van der Waals surface area (Å²) in [6, 6.07) is 1.82. The van der Waals surface area contributed by atoms with Crippen molar-refractivity contribution >= 4 is 45.8 Å². The number of nitrogens with zero attached hydrogens (tertiary/aromatic N) is 1. The van der Waals surface area contributed by atoms with Gasteiger partial charge in [-0.15, -0.1) is 0 Å². The second-order valence-electron chi connectivity index (χ2n) is 9.96. The average molecular weight is 597 g/mol. The molecular formula is C26H26F3N3O10. The molecule has 0 saturated heterocycles. The lowest BCUT2D eigenvalue weighted by Gasteiger charge is -2.47. The Hall–Kier alpha value is -4.70. The Labute approximate surface area is 234 Å². The predicted molar refractivity (Wildman–Crippen MR) is 138 cm³/mol. The van der Waals surface area contributed by atoms with Gasteiger partial charge in [-0.05, 0) is 50.0 Å². The van der Waals surface area contributed by atoms with Crippen molar-refractivity contribution in [1.29, 1.82) is 0 Å². The first-order valence-corrected chi connectivity index (χ1v) is 12.0. The van der Waals surface area contributed by atoms with E-state index in [0.717, 1.165) is 0 Å². The highest BCUT2D eigenvalue weighted by Crippen LogP contribution is 2.51. The van der Waals surface area contributed by atoms with Gasteiger partial charge in [-0.2, -0.15) is 13.2 Å². The van der Waals surface area contributed by atoms with E-state index in [1.54, 1.807) is 13.0 Å². The van der Waals surface area contributed by atoms with Crippen molar-refractivity contribution in [2.45, 2.75) is 38.1 Å². The van der Waals surface area contributed by atoms with Crippen molar-refractivity contribution in [1.82, 2.24) is 4.90 Å². The molecule has 4 rings (SSSR count). The summed E-state index contributed by atoms with van der Waals surface area (Å²) in [6.45, 7) is 2.88. The van der Waals surface area contributed by atoms with Crippen molar-refractivity contribution in [3.05, 3.63) is 40.2 Å². The standard InChI is InChI=1S/C24H25N3O8.C2HF3O2/c1-8-10-5-6-13(26-9(2)28)18(29)14(10)19(30)15-11(8)7-12-17(27(3)4)20(31)16(23(25)34)22(33)24(12,35)21(15)32;3-2(4,5)1(6)7/h5-6,12,17,29-30,33,35H,7H2,1-4H3,(H2,25,34)(H,26,28);(H,6,7)/t12-,17-,24-;/m0./s1. The molecule has 0 bridgehead atoms. The van der Waals surface area contributed by atoms with Crippen LogP contribution in [0.25, 0.3) is 10.8 Å². The van der Waals surface area contributed by atoms with Crippen molar-refractivity contribution in [3.63, 3.8) is 0 Å². The van der Waals surface area contributed by atoms with E-state index in [4.69, 9.17) is 15.6 Å². The number of phenolic OH excluding ortho intramolecular Hbond substituents is 2. The minimum Gasteiger partial charge on any atom is -0.508 e. The minimum absolute atomic E-state index is 0.00538. The molecule has 3 atom stereocenters. The van der Waals surface area contributed by atoms with Crippen LogP contribution in [-0.2, 0) is 25.6 Å². The van der Waals surface area contributed by atoms with Crippen LogP contribution >= 0.6 is 0 Å². The number of nitrogens with two attached hydrogens (primary N) is 1. The number of fused-ring (bicyclic) bond motifs is 3. The topological polar surface area (TPSA) is 228 Å². The van der Waals surface area contributed by atoms with Gasteiger partial charge in [0, 0.05) is 12.8 Å². The number of nitrogens with one attached hydrogen (secondary N) is 1. The number of likely N-dealkylation sites (N-methyl/N-ethyl adjacent to an activating group) is 1.